The Morgan fingerprint density at radius 1 is 1.15 bits per heavy atom. The first-order chi connectivity index (χ1) is 18.9. The van der Waals surface area contributed by atoms with Gasteiger partial charge < -0.3 is 15.3 Å². The van der Waals surface area contributed by atoms with Gasteiger partial charge in [0.05, 0.1) is 6.42 Å². The number of benzene rings is 2. The lowest BCUT2D eigenvalue weighted by atomic mass is 9.69. The van der Waals surface area contributed by atoms with E-state index >= 15 is 0 Å². The Bertz CT molecular complexity index is 1230. The molecule has 0 unspecified atom stereocenters. The normalized spacial score (nSPS) is 20.6. The van der Waals surface area contributed by atoms with Crippen molar-refractivity contribution >= 4 is 24.0 Å². The maximum absolute atomic E-state index is 14.6. The summed E-state index contributed by atoms with van der Waals surface area (Å²) in [5.74, 6) is -1.83. The molecular weight excluding hydrogens is 516 g/mol. The van der Waals surface area contributed by atoms with Crippen molar-refractivity contribution in [2.24, 2.45) is 16.3 Å². The van der Waals surface area contributed by atoms with Gasteiger partial charge in [-0.1, -0.05) is 50.6 Å². The second-order valence-electron chi connectivity index (χ2n) is 11.6. The Morgan fingerprint density at radius 3 is 2.38 bits per heavy atom. The van der Waals surface area contributed by atoms with Gasteiger partial charge in [-0.25, -0.2) is 8.78 Å². The van der Waals surface area contributed by atoms with E-state index in [-0.39, 0.29) is 35.6 Å². The van der Waals surface area contributed by atoms with Gasteiger partial charge in [0.15, 0.2) is 0 Å². The summed E-state index contributed by atoms with van der Waals surface area (Å²) in [7, 11) is 0. The molecule has 2 amide bonds. The highest BCUT2D eigenvalue weighted by Crippen LogP contribution is 2.46. The number of aliphatic carboxylic acids is 1. The van der Waals surface area contributed by atoms with E-state index in [4.69, 9.17) is 10.1 Å². The highest BCUT2D eigenvalue weighted by molar-refractivity contribution is 6.46. The number of nitrogens with zero attached hydrogens (tertiary/aromatic N) is 2. The van der Waals surface area contributed by atoms with Crippen molar-refractivity contribution in [3.05, 3.63) is 70.8 Å². The molecule has 0 bridgehead atoms. The van der Waals surface area contributed by atoms with E-state index in [1.807, 2.05) is 11.8 Å². The second kappa shape index (κ2) is 13.2. The minimum atomic E-state index is -0.903. The van der Waals surface area contributed by atoms with Crippen LogP contribution < -0.4 is 5.32 Å². The van der Waals surface area contributed by atoms with Gasteiger partial charge in [0.2, 0.25) is 6.41 Å². The molecule has 1 saturated carbocycles. The topological polar surface area (TPSA) is 99.1 Å². The highest BCUT2D eigenvalue weighted by atomic mass is 19.1. The Kier molecular flexibility index (Phi) is 10.2. The van der Waals surface area contributed by atoms with Crippen LogP contribution in [0.5, 0.6) is 0 Å². The van der Waals surface area contributed by atoms with Crippen molar-refractivity contribution < 1.29 is 28.3 Å². The zero-order valence-electron chi connectivity index (χ0n) is 23.7. The van der Waals surface area contributed by atoms with E-state index in [0.29, 0.717) is 25.3 Å². The molecule has 0 atom stereocenters. The van der Waals surface area contributed by atoms with Crippen LogP contribution in [0.1, 0.15) is 69.6 Å². The standard InChI is InChI=1S/C27H32F2N2O.C4H7NO3/c1-18-5-7-19(8-6-18)13-16-31-25(32)24(22-17-21(28)9-10-23(22)29)30-27(31)14-11-20(12-15-27)26(2,3)4;6-3-5-2-1-4(7)8/h5-10,17,20H,11-16H2,1-4H3;3H,1-2H2,(H,5,6)(H,7,8). The van der Waals surface area contributed by atoms with Crippen LogP contribution in [0.25, 0.3) is 0 Å². The molecule has 9 heteroatoms. The summed E-state index contributed by atoms with van der Waals surface area (Å²) in [4.78, 5) is 39.4. The quantitative estimate of drug-likeness (QED) is 0.342. The first-order valence-electron chi connectivity index (χ1n) is 13.7. The third kappa shape index (κ3) is 7.73. The predicted molar refractivity (Wildman–Crippen MR) is 150 cm³/mol. The van der Waals surface area contributed by atoms with Gasteiger partial charge in [0.25, 0.3) is 5.91 Å². The molecule has 0 radical (unpaired) electrons. The van der Waals surface area contributed by atoms with Gasteiger partial charge in [-0.05, 0) is 74.1 Å². The highest BCUT2D eigenvalue weighted by Gasteiger charge is 2.50. The molecule has 1 heterocycles. The van der Waals surface area contributed by atoms with Crippen LogP contribution in [0, 0.1) is 29.9 Å². The van der Waals surface area contributed by atoms with Gasteiger partial charge in [-0.3, -0.25) is 19.4 Å². The molecule has 2 aliphatic rings. The predicted octanol–water partition coefficient (Wildman–Crippen LogP) is 5.29. The van der Waals surface area contributed by atoms with Crippen molar-refractivity contribution in [2.75, 3.05) is 13.1 Å². The number of carbonyl (C=O) groups excluding carboxylic acids is 2. The third-order valence-corrected chi connectivity index (χ3v) is 7.78. The van der Waals surface area contributed by atoms with E-state index in [0.717, 1.165) is 49.4 Å². The number of rotatable bonds is 8. The van der Waals surface area contributed by atoms with Crippen LogP contribution in [0.3, 0.4) is 0 Å². The summed E-state index contributed by atoms with van der Waals surface area (Å²) in [6.07, 6.45) is 4.57. The molecule has 0 saturated heterocycles. The first kappa shape index (κ1) is 30.9. The molecule has 0 aromatic heterocycles. The lowest BCUT2D eigenvalue weighted by Crippen LogP contribution is -2.50. The largest absolute Gasteiger partial charge is 0.481 e. The van der Waals surface area contributed by atoms with Gasteiger partial charge >= 0.3 is 5.97 Å². The molecule has 40 heavy (non-hydrogen) atoms. The summed E-state index contributed by atoms with van der Waals surface area (Å²) in [6.45, 7) is 9.51. The van der Waals surface area contributed by atoms with E-state index in [2.05, 4.69) is 50.4 Å². The molecule has 2 aromatic carbocycles. The number of carbonyl (C=O) groups is 3. The summed E-state index contributed by atoms with van der Waals surface area (Å²) < 4.78 is 28.5. The summed E-state index contributed by atoms with van der Waals surface area (Å²) in [5.41, 5.74) is 1.88. The van der Waals surface area contributed by atoms with Crippen LogP contribution in [-0.4, -0.2) is 52.8 Å². The maximum Gasteiger partial charge on any atom is 0.305 e. The monoisotopic (exact) mass is 555 g/mol. The third-order valence-electron chi connectivity index (χ3n) is 7.78. The average Bonchev–Trinajstić information content (AvgIpc) is 3.15. The Balaban J connectivity index is 0.000000482. The number of hydrogen-bond acceptors (Lipinski definition) is 4. The summed E-state index contributed by atoms with van der Waals surface area (Å²) in [5, 5.41) is 10.2. The molecule has 1 fully saturated rings. The molecular formula is C31H39F2N3O4. The number of carboxylic acid groups (broad SMARTS) is 1. The van der Waals surface area contributed by atoms with E-state index in [1.165, 1.54) is 5.56 Å². The van der Waals surface area contributed by atoms with E-state index in [9.17, 15) is 23.2 Å². The average molecular weight is 556 g/mol. The Labute approximate surface area is 234 Å². The Hall–Kier alpha value is -3.62. The first-order valence-corrected chi connectivity index (χ1v) is 13.7. The Morgan fingerprint density at radius 2 is 1.80 bits per heavy atom. The van der Waals surface area contributed by atoms with Crippen LogP contribution in [-0.2, 0) is 20.8 Å². The van der Waals surface area contributed by atoms with Crippen molar-refractivity contribution in [1.82, 2.24) is 10.2 Å². The van der Waals surface area contributed by atoms with Crippen molar-refractivity contribution in [1.29, 1.82) is 0 Å². The van der Waals surface area contributed by atoms with Gasteiger partial charge in [0, 0.05) is 18.7 Å². The minimum Gasteiger partial charge on any atom is -0.481 e. The zero-order valence-corrected chi connectivity index (χ0v) is 23.7. The summed E-state index contributed by atoms with van der Waals surface area (Å²) in [6, 6.07) is 11.5. The van der Waals surface area contributed by atoms with Crippen molar-refractivity contribution in [3.8, 4) is 0 Å². The van der Waals surface area contributed by atoms with Gasteiger partial charge in [-0.15, -0.1) is 0 Å². The van der Waals surface area contributed by atoms with Gasteiger partial charge in [-0.2, -0.15) is 0 Å². The maximum atomic E-state index is 14.6. The molecule has 1 aliphatic carbocycles. The zero-order chi connectivity index (χ0) is 29.5. The lowest BCUT2D eigenvalue weighted by Gasteiger charge is -2.45. The number of amides is 2. The summed E-state index contributed by atoms with van der Waals surface area (Å²) >= 11 is 0. The number of halogens is 2. The minimum absolute atomic E-state index is 0.0151. The number of aliphatic imine (C=N–C) groups is 1. The molecule has 2 aromatic rings. The molecule has 1 spiro atoms. The fourth-order valence-corrected chi connectivity index (χ4v) is 5.36. The molecule has 216 valence electrons. The second-order valence-corrected chi connectivity index (χ2v) is 11.6. The molecule has 4 rings (SSSR count). The van der Waals surface area contributed by atoms with Crippen LogP contribution >= 0.6 is 0 Å². The van der Waals surface area contributed by atoms with Crippen molar-refractivity contribution in [3.63, 3.8) is 0 Å². The van der Waals surface area contributed by atoms with Crippen LogP contribution in [0.4, 0.5) is 8.78 Å². The number of hydrogen-bond donors (Lipinski definition) is 2. The number of nitrogens with one attached hydrogen (secondary N) is 1. The molecule has 1 aliphatic heterocycles. The van der Waals surface area contributed by atoms with E-state index in [1.54, 1.807) is 0 Å². The van der Waals surface area contributed by atoms with Crippen LogP contribution in [0.2, 0.25) is 0 Å². The SMILES string of the molecule is Cc1ccc(CCN2C(=O)C(c3cc(F)ccc3F)=NC23CCC(C(C)(C)C)CC3)cc1.O=CNCCC(=O)O. The van der Waals surface area contributed by atoms with Crippen molar-refractivity contribution in [2.45, 2.75) is 71.9 Å². The van der Waals surface area contributed by atoms with Crippen LogP contribution in [0.15, 0.2) is 47.5 Å². The fourth-order valence-electron chi connectivity index (χ4n) is 5.36. The number of aryl methyl sites for hydroxylation is 1. The molecule has 7 nitrogen and oxygen atoms in total. The number of carboxylic acids is 1. The smallest absolute Gasteiger partial charge is 0.305 e. The lowest BCUT2D eigenvalue weighted by molar-refractivity contribution is -0.137. The fraction of sp³-hybridized carbons (Fsp3) is 0.484. The molecule has 2 N–H and O–H groups in total. The van der Waals surface area contributed by atoms with Gasteiger partial charge in [0.1, 0.15) is 23.0 Å². The van der Waals surface area contributed by atoms with E-state index < -0.39 is 23.3 Å².